The van der Waals surface area contributed by atoms with Crippen molar-refractivity contribution in [3.63, 3.8) is 0 Å². The van der Waals surface area contributed by atoms with Crippen LogP contribution in [-0.2, 0) is 16.0 Å². The molecule has 0 aliphatic carbocycles. The van der Waals surface area contributed by atoms with Crippen molar-refractivity contribution in [2.24, 2.45) is 5.92 Å². The van der Waals surface area contributed by atoms with Crippen molar-refractivity contribution in [1.82, 2.24) is 15.1 Å². The minimum absolute atomic E-state index is 0.0553. The first-order valence-electron chi connectivity index (χ1n) is 8.10. The molecule has 1 fully saturated rings. The maximum atomic E-state index is 12.6. The first kappa shape index (κ1) is 15.7. The highest BCUT2D eigenvalue weighted by atomic mass is 16.5. The lowest BCUT2D eigenvalue weighted by Crippen LogP contribution is -2.49. The van der Waals surface area contributed by atoms with Crippen LogP contribution in [0.2, 0.25) is 0 Å². The zero-order valence-corrected chi connectivity index (χ0v) is 13.6. The topological polar surface area (TPSA) is 58.2 Å². The van der Waals surface area contributed by atoms with Crippen molar-refractivity contribution in [3.05, 3.63) is 53.9 Å². The average Bonchev–Trinajstić information content (AvgIpc) is 3.08. The molecule has 0 unspecified atom stereocenters. The second-order valence-electron chi connectivity index (χ2n) is 6.38. The maximum Gasteiger partial charge on any atom is 0.228 e. The van der Waals surface area contributed by atoms with Crippen molar-refractivity contribution in [3.8, 4) is 0 Å². The third-order valence-electron chi connectivity index (χ3n) is 4.29. The number of benzene rings is 1. The third-order valence-corrected chi connectivity index (χ3v) is 4.29. The fourth-order valence-electron chi connectivity index (χ4n) is 2.87. The van der Waals surface area contributed by atoms with Gasteiger partial charge in [-0.05, 0) is 17.5 Å². The van der Waals surface area contributed by atoms with Gasteiger partial charge in [0, 0.05) is 18.4 Å². The Balaban J connectivity index is 1.75. The monoisotopic (exact) mass is 313 g/mol. The first-order chi connectivity index (χ1) is 11.1. The van der Waals surface area contributed by atoms with Gasteiger partial charge in [0.05, 0.1) is 19.1 Å². The largest absolute Gasteiger partial charge is 0.366 e. The molecule has 1 aliphatic rings. The van der Waals surface area contributed by atoms with Gasteiger partial charge < -0.3 is 9.64 Å². The molecule has 1 aromatic heterocycles. The molecule has 1 N–H and O–H groups in total. The van der Waals surface area contributed by atoms with Gasteiger partial charge in [-0.25, -0.2) is 0 Å². The highest BCUT2D eigenvalue weighted by Crippen LogP contribution is 2.28. The van der Waals surface area contributed by atoms with E-state index in [0.717, 1.165) is 11.3 Å². The van der Waals surface area contributed by atoms with Crippen molar-refractivity contribution < 1.29 is 9.53 Å². The summed E-state index contributed by atoms with van der Waals surface area (Å²) in [4.78, 5) is 14.6. The number of nitrogens with zero attached hydrogens (tertiary/aromatic N) is 2. The summed E-state index contributed by atoms with van der Waals surface area (Å²) in [7, 11) is 0. The van der Waals surface area contributed by atoms with E-state index in [2.05, 4.69) is 36.2 Å². The number of nitrogens with one attached hydrogen (secondary N) is 1. The summed E-state index contributed by atoms with van der Waals surface area (Å²) in [5.41, 5.74) is 1.97. The quantitative estimate of drug-likeness (QED) is 0.944. The van der Waals surface area contributed by atoms with Gasteiger partial charge >= 0.3 is 0 Å². The Morgan fingerprint density at radius 2 is 2.09 bits per heavy atom. The molecule has 122 valence electrons. The number of amides is 1. The van der Waals surface area contributed by atoms with E-state index in [-0.39, 0.29) is 18.1 Å². The molecular formula is C18H23N3O2. The fraction of sp³-hybridized carbons (Fsp3) is 0.444. The molecule has 2 aromatic rings. The minimum Gasteiger partial charge on any atom is -0.366 e. The number of hydrogen-bond donors (Lipinski definition) is 1. The van der Waals surface area contributed by atoms with E-state index in [0.29, 0.717) is 25.4 Å². The van der Waals surface area contributed by atoms with Gasteiger partial charge in [0.2, 0.25) is 5.91 Å². The Bertz CT molecular complexity index is 625. The highest BCUT2D eigenvalue weighted by molar-refractivity contribution is 5.78. The highest BCUT2D eigenvalue weighted by Gasteiger charge is 2.32. The maximum absolute atomic E-state index is 12.6. The van der Waals surface area contributed by atoms with E-state index in [4.69, 9.17) is 4.74 Å². The Morgan fingerprint density at radius 3 is 2.74 bits per heavy atom. The van der Waals surface area contributed by atoms with Crippen LogP contribution in [-0.4, -0.2) is 40.2 Å². The number of carbonyl (C=O) groups is 1. The molecule has 23 heavy (non-hydrogen) atoms. The van der Waals surface area contributed by atoms with Crippen LogP contribution in [0, 0.1) is 5.92 Å². The predicted octanol–water partition coefficient (Wildman–Crippen LogP) is 2.58. The summed E-state index contributed by atoms with van der Waals surface area (Å²) in [6.45, 7) is 5.51. The fourth-order valence-corrected chi connectivity index (χ4v) is 2.87. The summed E-state index contributed by atoms with van der Waals surface area (Å²) in [6.07, 6.45) is 2.01. The Hall–Kier alpha value is -2.14. The van der Waals surface area contributed by atoms with Gasteiger partial charge in [0.25, 0.3) is 0 Å². The molecule has 0 spiro atoms. The zero-order chi connectivity index (χ0) is 16.2. The molecule has 1 saturated heterocycles. The van der Waals surface area contributed by atoms with Gasteiger partial charge in [-0.3, -0.25) is 9.89 Å². The summed E-state index contributed by atoms with van der Waals surface area (Å²) in [5.74, 6) is 0.480. The van der Waals surface area contributed by atoms with E-state index in [1.165, 1.54) is 0 Å². The second-order valence-corrected chi connectivity index (χ2v) is 6.38. The lowest BCUT2D eigenvalue weighted by atomic mass is 10.0. The molecule has 5 nitrogen and oxygen atoms in total. The van der Waals surface area contributed by atoms with Gasteiger partial charge in [0.15, 0.2) is 0 Å². The Labute approximate surface area is 136 Å². The number of aromatic nitrogens is 2. The lowest BCUT2D eigenvalue weighted by Gasteiger charge is -2.40. The molecule has 0 saturated carbocycles. The molecular weight excluding hydrogens is 290 g/mol. The normalized spacial score (nSPS) is 21.6. The zero-order valence-electron chi connectivity index (χ0n) is 13.6. The van der Waals surface area contributed by atoms with E-state index in [1.54, 1.807) is 6.20 Å². The number of carbonyl (C=O) groups excluding carboxylic acids is 1. The third kappa shape index (κ3) is 3.79. The smallest absolute Gasteiger partial charge is 0.228 e. The minimum atomic E-state index is -0.0666. The van der Waals surface area contributed by atoms with Crippen molar-refractivity contribution in [1.29, 1.82) is 0 Å². The van der Waals surface area contributed by atoms with E-state index < -0.39 is 0 Å². The van der Waals surface area contributed by atoms with Crippen LogP contribution in [0.15, 0.2) is 42.6 Å². The number of ether oxygens (including phenoxy) is 1. The number of rotatable bonds is 4. The van der Waals surface area contributed by atoms with E-state index in [1.807, 2.05) is 29.2 Å². The standard InChI is InChI=1S/C18H23N3O2/c1-13(2)16-11-21(18(22)10-15-8-9-19-20-15)12-17(23-16)14-6-4-3-5-7-14/h3-9,13,16-17H,10-12H2,1-2H3,(H,19,20)/t16-,17+/m1/s1. The number of morpholine rings is 1. The van der Waals surface area contributed by atoms with E-state index >= 15 is 0 Å². The van der Waals surface area contributed by atoms with Crippen molar-refractivity contribution in [2.45, 2.75) is 32.5 Å². The summed E-state index contributed by atoms with van der Waals surface area (Å²) in [5, 5.41) is 6.76. The molecule has 5 heteroatoms. The van der Waals surface area contributed by atoms with Crippen LogP contribution in [0.5, 0.6) is 0 Å². The SMILES string of the molecule is CC(C)[C@H]1CN(C(=O)Cc2ccn[nH]2)C[C@@H](c2ccccc2)O1. The van der Waals surface area contributed by atoms with Gasteiger partial charge in [-0.1, -0.05) is 44.2 Å². The lowest BCUT2D eigenvalue weighted by molar-refractivity contribution is -0.149. The molecule has 2 atom stereocenters. The van der Waals surface area contributed by atoms with Crippen LogP contribution >= 0.6 is 0 Å². The second kappa shape index (κ2) is 6.96. The molecule has 1 aromatic carbocycles. The predicted molar refractivity (Wildman–Crippen MR) is 87.8 cm³/mol. The number of aromatic amines is 1. The van der Waals surface area contributed by atoms with Gasteiger partial charge in [-0.15, -0.1) is 0 Å². The molecule has 3 rings (SSSR count). The van der Waals surface area contributed by atoms with Crippen LogP contribution in [0.1, 0.15) is 31.2 Å². The summed E-state index contributed by atoms with van der Waals surface area (Å²) in [6, 6.07) is 12.0. The van der Waals surface area contributed by atoms with Crippen LogP contribution in [0.3, 0.4) is 0 Å². The summed E-state index contributed by atoms with van der Waals surface area (Å²) < 4.78 is 6.24. The van der Waals surface area contributed by atoms with E-state index in [9.17, 15) is 4.79 Å². The molecule has 0 radical (unpaired) electrons. The van der Waals surface area contributed by atoms with Crippen LogP contribution in [0.4, 0.5) is 0 Å². The number of hydrogen-bond acceptors (Lipinski definition) is 3. The molecule has 0 bridgehead atoms. The van der Waals surface area contributed by atoms with Crippen molar-refractivity contribution in [2.75, 3.05) is 13.1 Å². The molecule has 2 heterocycles. The van der Waals surface area contributed by atoms with Gasteiger partial charge in [0.1, 0.15) is 6.10 Å². The van der Waals surface area contributed by atoms with Crippen LogP contribution < -0.4 is 0 Å². The number of H-pyrrole nitrogens is 1. The van der Waals surface area contributed by atoms with Crippen molar-refractivity contribution >= 4 is 5.91 Å². The Kier molecular flexibility index (Phi) is 4.76. The van der Waals surface area contributed by atoms with Gasteiger partial charge in [-0.2, -0.15) is 5.10 Å². The first-order valence-corrected chi connectivity index (χ1v) is 8.10. The van der Waals surface area contributed by atoms with Crippen LogP contribution in [0.25, 0.3) is 0 Å². The molecule has 1 aliphatic heterocycles. The summed E-state index contributed by atoms with van der Waals surface area (Å²) >= 11 is 0. The Morgan fingerprint density at radius 1 is 1.30 bits per heavy atom. The molecule has 1 amide bonds. The average molecular weight is 313 g/mol.